The zero-order chi connectivity index (χ0) is 12.6. The average Bonchev–Trinajstić information content (AvgIpc) is 3.07. The molecule has 2 heterocycles. The molecule has 1 saturated heterocycles. The van der Waals surface area contributed by atoms with Gasteiger partial charge in [-0.1, -0.05) is 0 Å². The summed E-state index contributed by atoms with van der Waals surface area (Å²) in [6, 6.07) is 1.87. The van der Waals surface area contributed by atoms with Crippen LogP contribution in [0.1, 0.15) is 24.8 Å². The molecule has 2 fully saturated rings. The van der Waals surface area contributed by atoms with Gasteiger partial charge in [0.05, 0.1) is 0 Å². The van der Waals surface area contributed by atoms with Gasteiger partial charge < -0.3 is 10.6 Å². The van der Waals surface area contributed by atoms with Crippen LogP contribution in [0.15, 0.2) is 18.5 Å². The Kier molecular flexibility index (Phi) is 2.82. The van der Waals surface area contributed by atoms with Crippen molar-refractivity contribution >= 4 is 11.6 Å². The van der Waals surface area contributed by atoms with Crippen molar-refractivity contribution in [3.8, 4) is 0 Å². The van der Waals surface area contributed by atoms with Crippen molar-refractivity contribution in [1.29, 1.82) is 0 Å². The van der Waals surface area contributed by atoms with E-state index in [1.807, 2.05) is 13.0 Å². The fourth-order valence-electron chi connectivity index (χ4n) is 3.03. The summed E-state index contributed by atoms with van der Waals surface area (Å²) < 4.78 is 0. The van der Waals surface area contributed by atoms with Crippen molar-refractivity contribution in [3.05, 3.63) is 24.0 Å². The predicted molar refractivity (Wildman–Crippen MR) is 70.2 cm³/mol. The number of piperidine rings is 1. The van der Waals surface area contributed by atoms with E-state index >= 15 is 0 Å². The van der Waals surface area contributed by atoms with Crippen LogP contribution in [0.3, 0.4) is 0 Å². The molecule has 1 aliphatic heterocycles. The summed E-state index contributed by atoms with van der Waals surface area (Å²) in [5.74, 6) is 0.401. The zero-order valence-electron chi connectivity index (χ0n) is 10.7. The number of pyridine rings is 1. The van der Waals surface area contributed by atoms with Gasteiger partial charge >= 0.3 is 0 Å². The third-order valence-corrected chi connectivity index (χ3v) is 4.38. The molecule has 1 atom stereocenters. The molecule has 0 bridgehead atoms. The number of nitrogens with zero attached hydrogens (tertiary/aromatic N) is 1. The van der Waals surface area contributed by atoms with E-state index in [9.17, 15) is 4.79 Å². The monoisotopic (exact) mass is 245 g/mol. The van der Waals surface area contributed by atoms with Gasteiger partial charge in [-0.3, -0.25) is 9.78 Å². The predicted octanol–water partition coefficient (Wildman–Crippen LogP) is 1.72. The lowest BCUT2D eigenvalue weighted by molar-refractivity contribution is -0.118. The second-order valence-corrected chi connectivity index (χ2v) is 5.55. The number of aryl methyl sites for hydroxylation is 1. The minimum absolute atomic E-state index is 0.186. The molecule has 2 aliphatic rings. The number of anilines is 1. The van der Waals surface area contributed by atoms with E-state index in [4.69, 9.17) is 0 Å². The molecule has 0 radical (unpaired) electrons. The number of carbonyl (C=O) groups excluding carboxylic acids is 1. The third-order valence-electron chi connectivity index (χ3n) is 4.38. The van der Waals surface area contributed by atoms with Crippen LogP contribution < -0.4 is 10.6 Å². The van der Waals surface area contributed by atoms with Gasteiger partial charge in [-0.15, -0.1) is 0 Å². The van der Waals surface area contributed by atoms with E-state index in [2.05, 4.69) is 15.6 Å². The molecule has 1 aromatic heterocycles. The van der Waals surface area contributed by atoms with Crippen LogP contribution >= 0.6 is 0 Å². The fourth-order valence-corrected chi connectivity index (χ4v) is 3.03. The molecular weight excluding hydrogens is 226 g/mol. The largest absolute Gasteiger partial charge is 0.325 e. The zero-order valence-corrected chi connectivity index (χ0v) is 10.7. The Labute approximate surface area is 107 Å². The molecule has 1 unspecified atom stereocenters. The van der Waals surface area contributed by atoms with Gasteiger partial charge in [-0.25, -0.2) is 0 Å². The maximum absolute atomic E-state index is 12.2. The van der Waals surface area contributed by atoms with Crippen molar-refractivity contribution in [2.24, 2.45) is 11.3 Å². The lowest BCUT2D eigenvalue weighted by Gasteiger charge is -2.23. The number of nitrogens with one attached hydrogen (secondary N) is 2. The number of carbonyl (C=O) groups is 1. The van der Waals surface area contributed by atoms with E-state index in [0.717, 1.165) is 43.6 Å². The van der Waals surface area contributed by atoms with E-state index < -0.39 is 0 Å². The highest BCUT2D eigenvalue weighted by Crippen LogP contribution is 2.58. The third kappa shape index (κ3) is 2.01. The summed E-state index contributed by atoms with van der Waals surface area (Å²) in [5.41, 5.74) is 2.22. The van der Waals surface area contributed by atoms with Gasteiger partial charge in [0.25, 0.3) is 0 Å². The Morgan fingerprint density at radius 2 is 2.28 bits per heavy atom. The molecule has 0 aromatic carbocycles. The highest BCUT2D eigenvalue weighted by atomic mass is 16.2. The Morgan fingerprint density at radius 1 is 1.50 bits per heavy atom. The van der Waals surface area contributed by atoms with Gasteiger partial charge in [-0.05, 0) is 56.3 Å². The lowest BCUT2D eigenvalue weighted by Crippen LogP contribution is -2.31. The van der Waals surface area contributed by atoms with E-state index in [1.165, 1.54) is 0 Å². The number of aromatic nitrogens is 1. The minimum atomic E-state index is 0.186. The summed E-state index contributed by atoms with van der Waals surface area (Å²) in [6.07, 6.45) is 6.84. The molecular formula is C14H19N3O. The summed E-state index contributed by atoms with van der Waals surface area (Å²) in [7, 11) is 0. The molecule has 4 heteroatoms. The van der Waals surface area contributed by atoms with Crippen molar-refractivity contribution in [3.63, 3.8) is 0 Å². The molecule has 1 amide bonds. The molecule has 2 N–H and O–H groups in total. The van der Waals surface area contributed by atoms with E-state index in [1.54, 1.807) is 12.4 Å². The van der Waals surface area contributed by atoms with Crippen LogP contribution in [0.25, 0.3) is 0 Å². The quantitative estimate of drug-likeness (QED) is 0.834. The standard InChI is InChI=1S/C14H19N3O/c1-10-9-16-5-2-12(10)17-13(18)11-8-14(11)3-6-15-7-4-14/h2,5,9,11,15H,3-4,6-8H2,1H3,(H,16,17,18). The summed E-state index contributed by atoms with van der Waals surface area (Å²) in [5, 5.41) is 6.40. The van der Waals surface area contributed by atoms with Crippen molar-refractivity contribution in [2.45, 2.75) is 26.2 Å². The Bertz CT molecular complexity index is 466. The second kappa shape index (κ2) is 4.35. The number of hydrogen-bond donors (Lipinski definition) is 2. The molecule has 1 aromatic rings. The average molecular weight is 245 g/mol. The van der Waals surface area contributed by atoms with Gasteiger partial charge in [0.1, 0.15) is 0 Å². The van der Waals surface area contributed by atoms with E-state index in [-0.39, 0.29) is 11.8 Å². The van der Waals surface area contributed by atoms with Gasteiger partial charge in [0.15, 0.2) is 0 Å². The fraction of sp³-hybridized carbons (Fsp3) is 0.571. The molecule has 3 rings (SSSR count). The Hall–Kier alpha value is -1.42. The first-order valence-electron chi connectivity index (χ1n) is 6.63. The molecule has 1 aliphatic carbocycles. The summed E-state index contributed by atoms with van der Waals surface area (Å²) in [4.78, 5) is 16.3. The van der Waals surface area contributed by atoms with Crippen molar-refractivity contribution < 1.29 is 4.79 Å². The normalized spacial score (nSPS) is 24.8. The highest BCUT2D eigenvalue weighted by molar-refractivity contribution is 5.95. The first-order valence-corrected chi connectivity index (χ1v) is 6.63. The minimum Gasteiger partial charge on any atom is -0.325 e. The van der Waals surface area contributed by atoms with E-state index in [0.29, 0.717) is 5.41 Å². The van der Waals surface area contributed by atoms with Gasteiger partial charge in [0.2, 0.25) is 5.91 Å². The molecule has 96 valence electrons. The van der Waals surface area contributed by atoms with Gasteiger partial charge in [0, 0.05) is 24.0 Å². The van der Waals surface area contributed by atoms with Crippen LogP contribution in [-0.2, 0) is 4.79 Å². The topological polar surface area (TPSA) is 54.0 Å². The Balaban J connectivity index is 1.65. The maximum atomic E-state index is 12.2. The van der Waals surface area contributed by atoms with Crippen LogP contribution in [-0.4, -0.2) is 24.0 Å². The summed E-state index contributed by atoms with van der Waals surface area (Å²) in [6.45, 7) is 4.08. The number of rotatable bonds is 2. The Morgan fingerprint density at radius 3 is 3.00 bits per heavy atom. The first kappa shape index (κ1) is 11.7. The smallest absolute Gasteiger partial charge is 0.228 e. The molecule has 1 saturated carbocycles. The SMILES string of the molecule is Cc1cnccc1NC(=O)C1CC12CCNCC2. The van der Waals surface area contributed by atoms with Crippen LogP contribution in [0.4, 0.5) is 5.69 Å². The van der Waals surface area contributed by atoms with Crippen LogP contribution in [0.2, 0.25) is 0 Å². The maximum Gasteiger partial charge on any atom is 0.228 e. The van der Waals surface area contributed by atoms with Crippen LogP contribution in [0, 0.1) is 18.3 Å². The molecule has 18 heavy (non-hydrogen) atoms. The number of amides is 1. The van der Waals surface area contributed by atoms with Crippen LogP contribution in [0.5, 0.6) is 0 Å². The second-order valence-electron chi connectivity index (χ2n) is 5.55. The lowest BCUT2D eigenvalue weighted by atomic mass is 9.92. The molecule has 4 nitrogen and oxygen atoms in total. The number of hydrogen-bond acceptors (Lipinski definition) is 3. The first-order chi connectivity index (χ1) is 8.71. The van der Waals surface area contributed by atoms with Crippen molar-refractivity contribution in [2.75, 3.05) is 18.4 Å². The molecule has 1 spiro atoms. The highest BCUT2D eigenvalue weighted by Gasteiger charge is 2.57. The van der Waals surface area contributed by atoms with Gasteiger partial charge in [-0.2, -0.15) is 0 Å². The summed E-state index contributed by atoms with van der Waals surface area (Å²) >= 11 is 0. The van der Waals surface area contributed by atoms with Crippen molar-refractivity contribution in [1.82, 2.24) is 10.3 Å².